The molecule has 0 N–H and O–H groups in total. The van der Waals surface area contributed by atoms with Crippen LogP contribution in [0, 0.1) is 0 Å². The van der Waals surface area contributed by atoms with E-state index < -0.39 is 0 Å². The highest BCUT2D eigenvalue weighted by Gasteiger charge is 2.07. The first-order valence-corrected chi connectivity index (χ1v) is 5.07. The number of allylic oxidation sites excluding steroid dienone is 2. The van der Waals surface area contributed by atoms with Crippen molar-refractivity contribution in [3.63, 3.8) is 0 Å². The van der Waals surface area contributed by atoms with Gasteiger partial charge in [-0.3, -0.25) is 4.79 Å². The lowest BCUT2D eigenvalue weighted by molar-refractivity contribution is -0.115. The fraction of sp³-hybridized carbons (Fsp3) is 0.727. The highest BCUT2D eigenvalue weighted by molar-refractivity contribution is 5.94. The van der Waals surface area contributed by atoms with Gasteiger partial charge < -0.3 is 0 Å². The summed E-state index contributed by atoms with van der Waals surface area (Å²) >= 11 is 0. The quantitative estimate of drug-likeness (QED) is 0.615. The first-order valence-electron chi connectivity index (χ1n) is 5.07. The molecule has 0 heterocycles. The van der Waals surface area contributed by atoms with Crippen LogP contribution in [0.2, 0.25) is 0 Å². The molecule has 0 atom stereocenters. The molecule has 1 aliphatic carbocycles. The fourth-order valence-electron chi connectivity index (χ4n) is 1.67. The zero-order valence-electron chi connectivity index (χ0n) is 7.94. The molecule has 0 aromatic rings. The fourth-order valence-corrected chi connectivity index (χ4v) is 1.67. The smallest absolute Gasteiger partial charge is 0.158 e. The largest absolute Gasteiger partial charge is 0.295 e. The molecule has 0 unspecified atom stereocenters. The molecule has 0 amide bonds. The van der Waals surface area contributed by atoms with Gasteiger partial charge in [-0.2, -0.15) is 0 Å². The maximum Gasteiger partial charge on any atom is 0.158 e. The van der Waals surface area contributed by atoms with Gasteiger partial charge in [-0.1, -0.05) is 25.8 Å². The Kier molecular flexibility index (Phi) is 4.06. The maximum absolute atomic E-state index is 11.4. The van der Waals surface area contributed by atoms with Crippen LogP contribution in [0.15, 0.2) is 11.6 Å². The summed E-state index contributed by atoms with van der Waals surface area (Å²) in [5.41, 5.74) is 1.09. The monoisotopic (exact) mass is 166 g/mol. The van der Waals surface area contributed by atoms with Crippen molar-refractivity contribution in [1.82, 2.24) is 0 Å². The third-order valence-corrected chi connectivity index (χ3v) is 2.47. The summed E-state index contributed by atoms with van der Waals surface area (Å²) in [4.78, 5) is 11.4. The van der Waals surface area contributed by atoms with Gasteiger partial charge in [0, 0.05) is 6.42 Å². The van der Waals surface area contributed by atoms with E-state index in [4.69, 9.17) is 0 Å². The van der Waals surface area contributed by atoms with E-state index in [1.807, 2.05) is 6.92 Å². The van der Waals surface area contributed by atoms with Gasteiger partial charge in [0.15, 0.2) is 5.78 Å². The van der Waals surface area contributed by atoms with Crippen LogP contribution in [0.4, 0.5) is 0 Å². The summed E-state index contributed by atoms with van der Waals surface area (Å²) in [5.74, 6) is 0.358. The molecular weight excluding hydrogens is 148 g/mol. The Morgan fingerprint density at radius 3 is 2.83 bits per heavy atom. The number of hydrogen-bond donors (Lipinski definition) is 0. The van der Waals surface area contributed by atoms with Crippen molar-refractivity contribution in [2.75, 3.05) is 0 Å². The minimum absolute atomic E-state index is 0.358. The van der Waals surface area contributed by atoms with Crippen molar-refractivity contribution in [1.29, 1.82) is 0 Å². The summed E-state index contributed by atoms with van der Waals surface area (Å²) in [6, 6.07) is 0. The van der Waals surface area contributed by atoms with E-state index in [1.54, 1.807) is 0 Å². The van der Waals surface area contributed by atoms with Crippen LogP contribution in [-0.2, 0) is 4.79 Å². The molecule has 0 aliphatic heterocycles. The van der Waals surface area contributed by atoms with Crippen molar-refractivity contribution in [3.8, 4) is 0 Å². The molecule has 0 spiro atoms. The average Bonchev–Trinajstić information content (AvgIpc) is 2.02. The number of carbonyl (C=O) groups is 1. The molecule has 0 saturated carbocycles. The van der Waals surface area contributed by atoms with Gasteiger partial charge in [0.25, 0.3) is 0 Å². The Morgan fingerprint density at radius 1 is 1.33 bits per heavy atom. The average molecular weight is 166 g/mol. The summed E-state index contributed by atoms with van der Waals surface area (Å²) in [6.07, 6.45) is 10.1. The second-order valence-electron chi connectivity index (χ2n) is 3.46. The molecule has 1 aliphatic rings. The SMILES string of the molecule is CCC(=O)C1=CCCCCCC1. The van der Waals surface area contributed by atoms with Gasteiger partial charge in [0.2, 0.25) is 0 Å². The highest BCUT2D eigenvalue weighted by atomic mass is 16.1. The Bertz CT molecular complexity index is 179. The molecule has 0 fully saturated rings. The van der Waals surface area contributed by atoms with Crippen LogP contribution in [0.1, 0.15) is 51.9 Å². The van der Waals surface area contributed by atoms with E-state index >= 15 is 0 Å². The van der Waals surface area contributed by atoms with Crippen molar-refractivity contribution >= 4 is 5.78 Å². The van der Waals surface area contributed by atoms with Gasteiger partial charge in [0.05, 0.1) is 0 Å². The van der Waals surface area contributed by atoms with E-state index in [9.17, 15) is 4.79 Å². The molecule has 1 rings (SSSR count). The van der Waals surface area contributed by atoms with Crippen molar-refractivity contribution in [2.45, 2.75) is 51.9 Å². The van der Waals surface area contributed by atoms with E-state index in [-0.39, 0.29) is 0 Å². The second kappa shape index (κ2) is 5.13. The van der Waals surface area contributed by atoms with E-state index in [1.165, 1.54) is 25.7 Å². The molecule has 1 nitrogen and oxygen atoms in total. The zero-order chi connectivity index (χ0) is 8.81. The molecule has 0 saturated heterocycles. The molecule has 0 bridgehead atoms. The highest BCUT2D eigenvalue weighted by Crippen LogP contribution is 2.18. The Labute approximate surface area is 74.9 Å². The summed E-state index contributed by atoms with van der Waals surface area (Å²) in [5, 5.41) is 0. The lowest BCUT2D eigenvalue weighted by Gasteiger charge is -2.08. The number of carbonyl (C=O) groups excluding carboxylic acids is 1. The number of Topliss-reactive ketones (excluding diaryl/α,β-unsaturated/α-hetero) is 1. The predicted octanol–water partition coefficient (Wildman–Crippen LogP) is 3.25. The Morgan fingerprint density at radius 2 is 2.08 bits per heavy atom. The minimum Gasteiger partial charge on any atom is -0.295 e. The standard InChI is InChI=1S/C11H18O/c1-2-11(12)10-8-6-4-3-5-7-9-10/h8H,2-7,9H2,1H3. The third kappa shape index (κ3) is 2.80. The van der Waals surface area contributed by atoms with Crippen molar-refractivity contribution in [2.24, 2.45) is 0 Å². The summed E-state index contributed by atoms with van der Waals surface area (Å²) < 4.78 is 0. The minimum atomic E-state index is 0.358. The summed E-state index contributed by atoms with van der Waals surface area (Å²) in [6.45, 7) is 1.95. The Hall–Kier alpha value is -0.590. The first kappa shape index (κ1) is 9.50. The van der Waals surface area contributed by atoms with Gasteiger partial charge in [0.1, 0.15) is 0 Å². The summed E-state index contributed by atoms with van der Waals surface area (Å²) in [7, 11) is 0. The number of hydrogen-bond acceptors (Lipinski definition) is 1. The normalized spacial score (nSPS) is 19.2. The van der Waals surface area contributed by atoms with Gasteiger partial charge >= 0.3 is 0 Å². The van der Waals surface area contributed by atoms with E-state index in [0.29, 0.717) is 12.2 Å². The first-order chi connectivity index (χ1) is 5.84. The number of ketones is 1. The molecule has 12 heavy (non-hydrogen) atoms. The van der Waals surface area contributed by atoms with Crippen LogP contribution >= 0.6 is 0 Å². The molecule has 0 radical (unpaired) electrons. The molecule has 1 heteroatoms. The van der Waals surface area contributed by atoms with E-state index in [2.05, 4.69) is 6.08 Å². The molecular formula is C11H18O. The van der Waals surface area contributed by atoms with Crippen LogP contribution in [0.25, 0.3) is 0 Å². The maximum atomic E-state index is 11.4. The number of rotatable bonds is 2. The van der Waals surface area contributed by atoms with E-state index in [0.717, 1.165) is 18.4 Å². The van der Waals surface area contributed by atoms with Crippen molar-refractivity contribution < 1.29 is 4.79 Å². The second-order valence-corrected chi connectivity index (χ2v) is 3.46. The van der Waals surface area contributed by atoms with Crippen LogP contribution in [-0.4, -0.2) is 5.78 Å². The molecule has 0 aromatic carbocycles. The predicted molar refractivity (Wildman–Crippen MR) is 51.1 cm³/mol. The van der Waals surface area contributed by atoms with Crippen LogP contribution < -0.4 is 0 Å². The van der Waals surface area contributed by atoms with Crippen LogP contribution in [0.3, 0.4) is 0 Å². The molecule has 0 aromatic heterocycles. The van der Waals surface area contributed by atoms with Crippen molar-refractivity contribution in [3.05, 3.63) is 11.6 Å². The van der Waals surface area contributed by atoms with Gasteiger partial charge in [-0.05, 0) is 31.3 Å². The third-order valence-electron chi connectivity index (χ3n) is 2.47. The van der Waals surface area contributed by atoms with Gasteiger partial charge in [-0.15, -0.1) is 0 Å². The lowest BCUT2D eigenvalue weighted by atomic mass is 9.96. The lowest BCUT2D eigenvalue weighted by Crippen LogP contribution is -2.02. The zero-order valence-corrected chi connectivity index (χ0v) is 7.94. The van der Waals surface area contributed by atoms with Gasteiger partial charge in [-0.25, -0.2) is 0 Å². The van der Waals surface area contributed by atoms with Crippen LogP contribution in [0.5, 0.6) is 0 Å². The Balaban J connectivity index is 2.52. The topological polar surface area (TPSA) is 17.1 Å². The molecule has 68 valence electrons.